The van der Waals surface area contributed by atoms with E-state index in [1.54, 1.807) is 6.92 Å². The average Bonchev–Trinajstić information content (AvgIpc) is 3.26. The first-order valence-electron chi connectivity index (χ1n) is 8.67. The van der Waals surface area contributed by atoms with E-state index in [1.165, 1.54) is 21.9 Å². The summed E-state index contributed by atoms with van der Waals surface area (Å²) in [6.45, 7) is 3.00. The van der Waals surface area contributed by atoms with Gasteiger partial charge >= 0.3 is 0 Å². The van der Waals surface area contributed by atoms with Crippen molar-refractivity contribution in [3.8, 4) is 0 Å². The molecule has 140 valence electrons. The molecule has 0 aliphatic carbocycles. The van der Waals surface area contributed by atoms with Crippen molar-refractivity contribution in [2.24, 2.45) is 0 Å². The Morgan fingerprint density at radius 3 is 3.07 bits per heavy atom. The van der Waals surface area contributed by atoms with Crippen LogP contribution in [0.3, 0.4) is 0 Å². The van der Waals surface area contributed by atoms with Crippen molar-refractivity contribution in [3.63, 3.8) is 0 Å². The lowest BCUT2D eigenvalue weighted by atomic mass is 10.2. The lowest BCUT2D eigenvalue weighted by Crippen LogP contribution is -2.43. The van der Waals surface area contributed by atoms with Gasteiger partial charge in [0.25, 0.3) is 5.56 Å². The molecule has 9 heteroatoms. The van der Waals surface area contributed by atoms with Crippen LogP contribution in [0.2, 0.25) is 0 Å². The Balaban J connectivity index is 1.52. The van der Waals surface area contributed by atoms with Crippen molar-refractivity contribution >= 4 is 43.3 Å². The van der Waals surface area contributed by atoms with E-state index in [4.69, 9.17) is 0 Å². The summed E-state index contributed by atoms with van der Waals surface area (Å²) in [7, 11) is 0. The molecule has 0 spiro atoms. The van der Waals surface area contributed by atoms with Gasteiger partial charge in [0, 0.05) is 29.3 Å². The molecule has 4 rings (SSSR count). The van der Waals surface area contributed by atoms with Gasteiger partial charge in [-0.15, -0.1) is 5.10 Å². The molecule has 3 aromatic rings. The Morgan fingerprint density at radius 2 is 2.26 bits per heavy atom. The Labute approximate surface area is 168 Å². The van der Waals surface area contributed by atoms with Crippen LogP contribution in [0, 0.1) is 6.92 Å². The van der Waals surface area contributed by atoms with Gasteiger partial charge in [0.15, 0.2) is 0 Å². The van der Waals surface area contributed by atoms with Gasteiger partial charge in [-0.25, -0.2) is 4.98 Å². The minimum atomic E-state index is -0.283. The minimum Gasteiger partial charge on any atom is -0.350 e. The summed E-state index contributed by atoms with van der Waals surface area (Å²) in [6, 6.07) is 9.04. The predicted molar refractivity (Wildman–Crippen MR) is 108 cm³/mol. The topological polar surface area (TPSA) is 79.6 Å². The number of benzene rings is 1. The highest BCUT2D eigenvalue weighted by Crippen LogP contribution is 2.29. The molecule has 0 saturated carbocycles. The van der Waals surface area contributed by atoms with Crippen LogP contribution in [0.4, 0.5) is 5.13 Å². The smallest absolute Gasteiger partial charge is 0.275 e. The average molecular weight is 448 g/mol. The van der Waals surface area contributed by atoms with Gasteiger partial charge in [0.1, 0.15) is 6.04 Å². The number of hydrogen-bond donors (Lipinski definition) is 1. The second kappa shape index (κ2) is 7.40. The van der Waals surface area contributed by atoms with Gasteiger partial charge in [-0.2, -0.15) is 4.52 Å². The van der Waals surface area contributed by atoms with Crippen LogP contribution in [0.5, 0.6) is 0 Å². The first kappa shape index (κ1) is 18.1. The quantitative estimate of drug-likeness (QED) is 0.664. The molecular weight excluding hydrogens is 430 g/mol. The number of nitrogens with one attached hydrogen (secondary N) is 1. The lowest BCUT2D eigenvalue weighted by Gasteiger charge is -2.22. The standard InChI is InChI=1S/C18H18BrN5O2S/c1-11-8-15(25)24-17(21-11)27-18(22-24)23-7-3-6-14(23)16(26)20-10-12-4-2-5-13(19)9-12/h2,4-5,8-9,14H,3,6-7,10H2,1H3,(H,20,26). The highest BCUT2D eigenvalue weighted by Gasteiger charge is 2.33. The van der Waals surface area contributed by atoms with Crippen molar-refractivity contribution in [2.45, 2.75) is 32.4 Å². The first-order chi connectivity index (χ1) is 13.0. The van der Waals surface area contributed by atoms with E-state index in [0.717, 1.165) is 29.4 Å². The highest BCUT2D eigenvalue weighted by atomic mass is 79.9. The van der Waals surface area contributed by atoms with Crippen LogP contribution in [0.25, 0.3) is 4.96 Å². The van der Waals surface area contributed by atoms with Crippen molar-refractivity contribution in [2.75, 3.05) is 11.4 Å². The number of carbonyl (C=O) groups is 1. The molecule has 3 heterocycles. The van der Waals surface area contributed by atoms with E-state index in [-0.39, 0.29) is 17.5 Å². The van der Waals surface area contributed by atoms with Gasteiger partial charge in [0.2, 0.25) is 16.0 Å². The molecule has 27 heavy (non-hydrogen) atoms. The number of hydrogen-bond acceptors (Lipinski definition) is 6. The number of rotatable bonds is 4. The zero-order chi connectivity index (χ0) is 19.0. The largest absolute Gasteiger partial charge is 0.350 e. The predicted octanol–water partition coefficient (Wildman–Crippen LogP) is 2.51. The molecule has 0 bridgehead atoms. The van der Waals surface area contributed by atoms with Gasteiger partial charge in [0.05, 0.1) is 0 Å². The minimum absolute atomic E-state index is 0.0248. The third-order valence-electron chi connectivity index (χ3n) is 4.52. The SMILES string of the molecule is Cc1cc(=O)n2nc(N3CCCC3C(=O)NCc3cccc(Br)c3)sc2n1. The van der Waals surface area contributed by atoms with Crippen LogP contribution in [0.1, 0.15) is 24.1 Å². The second-order valence-corrected chi connectivity index (χ2v) is 8.36. The number of carbonyl (C=O) groups excluding carboxylic acids is 1. The summed E-state index contributed by atoms with van der Waals surface area (Å²) < 4.78 is 2.29. The number of fused-ring (bicyclic) bond motifs is 1. The van der Waals surface area contributed by atoms with E-state index in [2.05, 4.69) is 31.3 Å². The molecule has 1 aromatic carbocycles. The van der Waals surface area contributed by atoms with Gasteiger partial charge in [-0.3, -0.25) is 9.59 Å². The summed E-state index contributed by atoms with van der Waals surface area (Å²) in [5.74, 6) is -0.0248. The van der Waals surface area contributed by atoms with Crippen LogP contribution < -0.4 is 15.8 Å². The zero-order valence-electron chi connectivity index (χ0n) is 14.7. The number of anilines is 1. The zero-order valence-corrected chi connectivity index (χ0v) is 17.1. The third-order valence-corrected chi connectivity index (χ3v) is 5.96. The lowest BCUT2D eigenvalue weighted by molar-refractivity contribution is -0.122. The van der Waals surface area contributed by atoms with Crippen molar-refractivity contribution < 1.29 is 4.79 Å². The van der Waals surface area contributed by atoms with E-state index in [1.807, 2.05) is 29.2 Å². The maximum atomic E-state index is 12.8. The molecule has 7 nitrogen and oxygen atoms in total. The van der Waals surface area contributed by atoms with Crippen molar-refractivity contribution in [1.82, 2.24) is 19.9 Å². The van der Waals surface area contributed by atoms with Gasteiger partial charge < -0.3 is 10.2 Å². The Morgan fingerprint density at radius 1 is 1.41 bits per heavy atom. The summed E-state index contributed by atoms with van der Waals surface area (Å²) in [4.78, 5) is 31.7. The summed E-state index contributed by atoms with van der Waals surface area (Å²) in [6.07, 6.45) is 1.67. The molecule has 1 fully saturated rings. The Hall–Kier alpha value is -2.26. The first-order valence-corrected chi connectivity index (χ1v) is 10.3. The van der Waals surface area contributed by atoms with Crippen LogP contribution in [-0.4, -0.2) is 33.1 Å². The maximum absolute atomic E-state index is 12.8. The summed E-state index contributed by atoms with van der Waals surface area (Å²) >= 11 is 4.78. The maximum Gasteiger partial charge on any atom is 0.275 e. The second-order valence-electron chi connectivity index (χ2n) is 6.51. The molecule has 1 saturated heterocycles. The molecule has 1 atom stereocenters. The van der Waals surface area contributed by atoms with Gasteiger partial charge in [-0.1, -0.05) is 39.4 Å². The molecule has 1 unspecified atom stereocenters. The number of amides is 1. The Kier molecular flexibility index (Phi) is 4.96. The number of nitrogens with zero attached hydrogens (tertiary/aromatic N) is 4. The number of aromatic nitrogens is 3. The fourth-order valence-electron chi connectivity index (χ4n) is 3.25. The highest BCUT2D eigenvalue weighted by molar-refractivity contribution is 9.10. The molecule has 1 aliphatic heterocycles. The Bertz CT molecular complexity index is 1060. The normalized spacial score (nSPS) is 16.8. The fraction of sp³-hybridized carbons (Fsp3) is 0.333. The molecule has 1 N–H and O–H groups in total. The number of aryl methyl sites for hydroxylation is 1. The van der Waals surface area contributed by atoms with Gasteiger partial charge in [-0.05, 0) is 37.5 Å². The molecule has 0 radical (unpaired) electrons. The summed E-state index contributed by atoms with van der Waals surface area (Å²) in [5.41, 5.74) is 1.50. The molecule has 2 aromatic heterocycles. The number of halogens is 1. The molecule has 1 aliphatic rings. The third kappa shape index (κ3) is 3.74. The monoisotopic (exact) mass is 447 g/mol. The van der Waals surface area contributed by atoms with Crippen molar-refractivity contribution in [3.05, 3.63) is 56.4 Å². The van der Waals surface area contributed by atoms with E-state index in [9.17, 15) is 9.59 Å². The van der Waals surface area contributed by atoms with E-state index in [0.29, 0.717) is 22.3 Å². The van der Waals surface area contributed by atoms with Crippen molar-refractivity contribution in [1.29, 1.82) is 0 Å². The summed E-state index contributed by atoms with van der Waals surface area (Å²) in [5, 5.41) is 8.07. The molecular formula is C18H18BrN5O2S. The van der Waals surface area contributed by atoms with E-state index < -0.39 is 0 Å². The van der Waals surface area contributed by atoms with Crippen LogP contribution in [0.15, 0.2) is 39.6 Å². The van der Waals surface area contributed by atoms with E-state index >= 15 is 0 Å². The van der Waals surface area contributed by atoms with Crippen LogP contribution >= 0.6 is 27.3 Å². The fourth-order valence-corrected chi connectivity index (χ4v) is 4.72. The molecule has 1 amide bonds. The van der Waals surface area contributed by atoms with Crippen LogP contribution in [-0.2, 0) is 11.3 Å².